The Kier molecular flexibility index (Phi) is 5.24. The molecule has 1 heterocycles. The number of esters is 1. The van der Waals surface area contributed by atoms with Crippen molar-refractivity contribution in [2.75, 3.05) is 26.4 Å². The van der Waals surface area contributed by atoms with Crippen LogP contribution in [0, 0.1) is 6.92 Å². The van der Waals surface area contributed by atoms with E-state index in [9.17, 15) is 4.79 Å². The lowest BCUT2D eigenvalue weighted by Gasteiger charge is -2.16. The molecule has 1 fully saturated rings. The van der Waals surface area contributed by atoms with Gasteiger partial charge in [-0.2, -0.15) is 0 Å². The van der Waals surface area contributed by atoms with Gasteiger partial charge in [0.25, 0.3) is 0 Å². The number of hydrogen-bond donors (Lipinski definition) is 0. The summed E-state index contributed by atoms with van der Waals surface area (Å²) in [5.74, 6) is 1.19. The van der Waals surface area contributed by atoms with Gasteiger partial charge < -0.3 is 18.9 Å². The van der Waals surface area contributed by atoms with Gasteiger partial charge in [0.1, 0.15) is 37.4 Å². The molecule has 0 bridgehead atoms. The minimum atomic E-state index is -0.406. The van der Waals surface area contributed by atoms with Crippen molar-refractivity contribution in [2.45, 2.75) is 20.0 Å². The molecule has 0 radical (unpaired) electrons. The average Bonchev–Trinajstić information content (AvgIpc) is 3.42. The highest BCUT2D eigenvalue weighted by atomic mass is 16.6. The smallest absolute Gasteiger partial charge is 0.333 e. The van der Waals surface area contributed by atoms with Crippen LogP contribution in [0.3, 0.4) is 0 Å². The van der Waals surface area contributed by atoms with Gasteiger partial charge in [0.2, 0.25) is 0 Å². The Morgan fingerprint density at radius 1 is 1.24 bits per heavy atom. The topological polar surface area (TPSA) is 57.3 Å². The molecule has 0 aromatic heterocycles. The van der Waals surface area contributed by atoms with E-state index < -0.39 is 5.97 Å². The highest BCUT2D eigenvalue weighted by Gasteiger charge is 2.23. The van der Waals surface area contributed by atoms with Crippen molar-refractivity contribution in [2.24, 2.45) is 0 Å². The van der Waals surface area contributed by atoms with Crippen LogP contribution in [-0.2, 0) is 14.3 Å². The first kappa shape index (κ1) is 17.3. The lowest BCUT2D eigenvalue weighted by molar-refractivity contribution is -0.139. The Balaban J connectivity index is 1.73. The molecule has 1 aliphatic heterocycles. The highest BCUT2D eigenvalue weighted by molar-refractivity contribution is 5.94. The number of benzene rings is 2. The zero-order chi connectivity index (χ0) is 17.8. The average molecular weight is 342 g/mol. The van der Waals surface area contributed by atoms with Gasteiger partial charge >= 0.3 is 5.97 Å². The Morgan fingerprint density at radius 2 is 1.96 bits per heavy atom. The third-order valence-corrected chi connectivity index (χ3v) is 3.88. The second-order valence-corrected chi connectivity index (χ2v) is 6.10. The number of carbonyl (C=O) groups excluding carboxylic acids is 1. The van der Waals surface area contributed by atoms with Gasteiger partial charge in [-0.25, -0.2) is 4.79 Å². The molecule has 5 heteroatoms. The molecule has 0 amide bonds. The van der Waals surface area contributed by atoms with Gasteiger partial charge in [0.15, 0.2) is 0 Å². The fourth-order valence-electron chi connectivity index (χ4n) is 2.51. The Hall–Kier alpha value is -2.53. The monoisotopic (exact) mass is 342 g/mol. The van der Waals surface area contributed by atoms with Crippen LogP contribution < -0.4 is 9.47 Å². The van der Waals surface area contributed by atoms with E-state index in [1.165, 1.54) is 0 Å². The largest absolute Gasteiger partial charge is 0.490 e. The molecule has 1 saturated heterocycles. The molecule has 1 atom stereocenters. The Labute approximate surface area is 147 Å². The second kappa shape index (κ2) is 7.57. The van der Waals surface area contributed by atoms with Crippen LogP contribution >= 0.6 is 0 Å². The molecule has 2 aromatic carbocycles. The summed E-state index contributed by atoms with van der Waals surface area (Å²) in [5, 5.41) is 1.96. The van der Waals surface area contributed by atoms with E-state index in [0.717, 1.165) is 34.4 Å². The number of ether oxygens (including phenoxy) is 4. The highest BCUT2D eigenvalue weighted by Crippen LogP contribution is 2.36. The molecule has 1 unspecified atom stereocenters. The number of fused-ring (bicyclic) bond motifs is 1. The summed E-state index contributed by atoms with van der Waals surface area (Å²) in [6.45, 7) is 8.92. The standard InChI is InChI=1S/C20H22O5/c1-13(2)20(21)23-9-8-22-19-14(3)10-18(25-12-15-11-24-15)16-6-4-5-7-17(16)19/h4-7,10,15H,1,8-9,11-12H2,2-3H3. The molecule has 5 nitrogen and oxygen atoms in total. The minimum Gasteiger partial charge on any atom is -0.490 e. The summed E-state index contributed by atoms with van der Waals surface area (Å²) >= 11 is 0. The molecule has 132 valence electrons. The van der Waals surface area contributed by atoms with Crippen LogP contribution in [0.2, 0.25) is 0 Å². The number of carbonyl (C=O) groups is 1. The predicted molar refractivity (Wildman–Crippen MR) is 95.2 cm³/mol. The zero-order valence-corrected chi connectivity index (χ0v) is 14.5. The van der Waals surface area contributed by atoms with Crippen molar-refractivity contribution in [3.8, 4) is 11.5 Å². The molecular weight excluding hydrogens is 320 g/mol. The quantitative estimate of drug-likeness (QED) is 0.318. The van der Waals surface area contributed by atoms with Crippen molar-refractivity contribution in [3.63, 3.8) is 0 Å². The van der Waals surface area contributed by atoms with Crippen LogP contribution in [0.5, 0.6) is 11.5 Å². The van der Waals surface area contributed by atoms with E-state index in [2.05, 4.69) is 6.58 Å². The number of aryl methyl sites for hydroxylation is 1. The minimum absolute atomic E-state index is 0.177. The first-order valence-electron chi connectivity index (χ1n) is 8.28. The first-order chi connectivity index (χ1) is 12.1. The summed E-state index contributed by atoms with van der Waals surface area (Å²) in [4.78, 5) is 11.4. The fraction of sp³-hybridized carbons (Fsp3) is 0.350. The summed E-state index contributed by atoms with van der Waals surface area (Å²) in [5.41, 5.74) is 1.35. The van der Waals surface area contributed by atoms with E-state index in [1.807, 2.05) is 37.3 Å². The van der Waals surface area contributed by atoms with Gasteiger partial charge in [-0.05, 0) is 25.5 Å². The van der Waals surface area contributed by atoms with Crippen molar-refractivity contribution >= 4 is 16.7 Å². The summed E-state index contributed by atoms with van der Waals surface area (Å²) in [7, 11) is 0. The fourth-order valence-corrected chi connectivity index (χ4v) is 2.51. The van der Waals surface area contributed by atoms with E-state index in [0.29, 0.717) is 12.2 Å². The summed E-state index contributed by atoms with van der Waals surface area (Å²) in [6, 6.07) is 9.91. The van der Waals surface area contributed by atoms with E-state index >= 15 is 0 Å². The van der Waals surface area contributed by atoms with Gasteiger partial charge in [0.05, 0.1) is 6.61 Å². The van der Waals surface area contributed by atoms with E-state index in [1.54, 1.807) is 6.92 Å². The predicted octanol–water partition coefficient (Wildman–Crippen LogP) is 3.42. The molecule has 3 rings (SSSR count). The van der Waals surface area contributed by atoms with E-state index in [-0.39, 0.29) is 19.3 Å². The molecule has 0 aliphatic carbocycles. The van der Waals surface area contributed by atoms with Gasteiger partial charge in [-0.3, -0.25) is 0 Å². The van der Waals surface area contributed by atoms with Gasteiger partial charge in [-0.15, -0.1) is 0 Å². The maximum absolute atomic E-state index is 11.4. The SMILES string of the molecule is C=C(C)C(=O)OCCOc1c(C)cc(OCC2CO2)c2ccccc12. The zero-order valence-electron chi connectivity index (χ0n) is 14.5. The maximum Gasteiger partial charge on any atom is 0.333 e. The van der Waals surface area contributed by atoms with Crippen molar-refractivity contribution < 1.29 is 23.7 Å². The molecule has 25 heavy (non-hydrogen) atoms. The van der Waals surface area contributed by atoms with Crippen molar-refractivity contribution in [1.29, 1.82) is 0 Å². The van der Waals surface area contributed by atoms with Crippen LogP contribution in [0.1, 0.15) is 12.5 Å². The Bertz CT molecular complexity index is 792. The molecule has 1 aliphatic rings. The summed E-state index contributed by atoms with van der Waals surface area (Å²) < 4.78 is 22.1. The molecule has 2 aromatic rings. The van der Waals surface area contributed by atoms with Crippen LogP contribution in [0.4, 0.5) is 0 Å². The van der Waals surface area contributed by atoms with Gasteiger partial charge in [-0.1, -0.05) is 30.8 Å². The number of epoxide rings is 1. The first-order valence-corrected chi connectivity index (χ1v) is 8.28. The second-order valence-electron chi connectivity index (χ2n) is 6.10. The van der Waals surface area contributed by atoms with Crippen LogP contribution in [-0.4, -0.2) is 38.5 Å². The number of hydrogen-bond acceptors (Lipinski definition) is 5. The maximum atomic E-state index is 11.4. The molecule has 0 spiro atoms. The van der Waals surface area contributed by atoms with Crippen LogP contribution in [0.25, 0.3) is 10.8 Å². The third kappa shape index (κ3) is 4.31. The number of rotatable bonds is 8. The third-order valence-electron chi connectivity index (χ3n) is 3.88. The molecule has 0 N–H and O–H groups in total. The Morgan fingerprint density at radius 3 is 2.64 bits per heavy atom. The van der Waals surface area contributed by atoms with Crippen LogP contribution in [0.15, 0.2) is 42.5 Å². The van der Waals surface area contributed by atoms with Gasteiger partial charge in [0, 0.05) is 16.3 Å². The lowest BCUT2D eigenvalue weighted by atomic mass is 10.0. The lowest BCUT2D eigenvalue weighted by Crippen LogP contribution is -2.13. The summed E-state index contributed by atoms with van der Waals surface area (Å²) in [6.07, 6.45) is 0.206. The molecular formula is C20H22O5. The van der Waals surface area contributed by atoms with Crippen molar-refractivity contribution in [3.05, 3.63) is 48.0 Å². The van der Waals surface area contributed by atoms with Crippen molar-refractivity contribution in [1.82, 2.24) is 0 Å². The van der Waals surface area contributed by atoms with E-state index in [4.69, 9.17) is 18.9 Å². The normalized spacial score (nSPS) is 15.7. The molecule has 0 saturated carbocycles.